The van der Waals surface area contributed by atoms with Gasteiger partial charge in [-0.25, -0.2) is 0 Å². The van der Waals surface area contributed by atoms with Crippen molar-refractivity contribution in [2.24, 2.45) is 0 Å². The van der Waals surface area contributed by atoms with Crippen LogP contribution < -0.4 is 9.47 Å². The number of aryl methyl sites for hydroxylation is 2. The molecule has 0 aliphatic heterocycles. The molecule has 0 bridgehead atoms. The van der Waals surface area contributed by atoms with E-state index in [-0.39, 0.29) is 12.3 Å². The Morgan fingerprint density at radius 3 is 2.64 bits per heavy atom. The van der Waals surface area contributed by atoms with Crippen molar-refractivity contribution in [1.29, 1.82) is 0 Å². The fraction of sp³-hybridized carbons (Fsp3) is 0.348. The normalized spacial score (nSPS) is 15.5. The fourth-order valence-corrected chi connectivity index (χ4v) is 3.98. The molecule has 1 aliphatic carbocycles. The van der Waals surface area contributed by atoms with Crippen LogP contribution in [-0.2, 0) is 11.2 Å². The Morgan fingerprint density at radius 1 is 1.11 bits per heavy atom. The van der Waals surface area contributed by atoms with Crippen molar-refractivity contribution < 1.29 is 19.4 Å². The van der Waals surface area contributed by atoms with Gasteiger partial charge in [-0.05, 0) is 73.2 Å². The number of benzene rings is 2. The molecule has 1 aliphatic rings. The summed E-state index contributed by atoms with van der Waals surface area (Å²) in [6.07, 6.45) is 2.83. The number of H-pyrrole nitrogens is 1. The average Bonchev–Trinajstić information content (AvgIpc) is 3.22. The summed E-state index contributed by atoms with van der Waals surface area (Å²) in [5.41, 5.74) is 4.64. The van der Waals surface area contributed by atoms with Gasteiger partial charge in [0.15, 0.2) is 0 Å². The molecule has 1 heterocycles. The third-order valence-electron chi connectivity index (χ3n) is 5.29. The number of nitrogens with one attached hydrogen (secondary N) is 1. The van der Waals surface area contributed by atoms with Crippen molar-refractivity contribution in [1.82, 2.24) is 4.98 Å². The maximum Gasteiger partial charge on any atom is 0.303 e. The van der Waals surface area contributed by atoms with Crippen molar-refractivity contribution in [3.8, 4) is 11.5 Å². The minimum absolute atomic E-state index is 0.135. The zero-order valence-corrected chi connectivity index (χ0v) is 16.0. The summed E-state index contributed by atoms with van der Waals surface area (Å²) in [4.78, 5) is 14.3. The highest BCUT2D eigenvalue weighted by atomic mass is 16.5. The van der Waals surface area contributed by atoms with Crippen molar-refractivity contribution >= 4 is 16.9 Å². The summed E-state index contributed by atoms with van der Waals surface area (Å²) in [7, 11) is 0. The summed E-state index contributed by atoms with van der Waals surface area (Å²) >= 11 is 0. The summed E-state index contributed by atoms with van der Waals surface area (Å²) < 4.78 is 11.7. The lowest BCUT2D eigenvalue weighted by atomic mass is 9.98. The first-order chi connectivity index (χ1) is 13.6. The van der Waals surface area contributed by atoms with Crippen LogP contribution in [0.25, 0.3) is 10.9 Å². The molecule has 0 amide bonds. The van der Waals surface area contributed by atoms with E-state index in [1.54, 1.807) is 0 Å². The molecule has 2 N–H and O–H groups in total. The number of aromatic amines is 1. The van der Waals surface area contributed by atoms with Gasteiger partial charge in [-0.2, -0.15) is 0 Å². The Hall–Kier alpha value is -2.95. The number of ether oxygens (including phenoxy) is 2. The molecule has 0 spiro atoms. The van der Waals surface area contributed by atoms with Gasteiger partial charge in [-0.15, -0.1) is 0 Å². The molecule has 0 unspecified atom stereocenters. The van der Waals surface area contributed by atoms with Crippen LogP contribution in [0.4, 0.5) is 0 Å². The number of carboxylic acid groups (broad SMARTS) is 1. The van der Waals surface area contributed by atoms with E-state index in [0.29, 0.717) is 13.2 Å². The maximum atomic E-state index is 11.0. The third-order valence-corrected chi connectivity index (χ3v) is 5.29. The lowest BCUT2D eigenvalue weighted by molar-refractivity contribution is -0.137. The topological polar surface area (TPSA) is 71.6 Å². The molecule has 0 saturated carbocycles. The van der Waals surface area contributed by atoms with Gasteiger partial charge in [0.2, 0.25) is 0 Å². The van der Waals surface area contributed by atoms with Crippen LogP contribution in [0.15, 0.2) is 42.5 Å². The Labute approximate surface area is 164 Å². The second-order valence-electron chi connectivity index (χ2n) is 7.45. The van der Waals surface area contributed by atoms with Crippen molar-refractivity contribution in [3.05, 3.63) is 59.3 Å². The molecule has 5 nitrogen and oxygen atoms in total. The van der Waals surface area contributed by atoms with E-state index in [1.165, 1.54) is 5.56 Å². The van der Waals surface area contributed by atoms with Gasteiger partial charge >= 0.3 is 5.97 Å². The van der Waals surface area contributed by atoms with E-state index < -0.39 is 5.97 Å². The van der Waals surface area contributed by atoms with Gasteiger partial charge in [0, 0.05) is 23.0 Å². The summed E-state index contributed by atoms with van der Waals surface area (Å²) in [5.74, 6) is 1.12. The zero-order chi connectivity index (χ0) is 19.5. The second kappa shape index (κ2) is 7.97. The number of aliphatic carboxylic acids is 1. The fourth-order valence-electron chi connectivity index (χ4n) is 3.98. The summed E-state index contributed by atoms with van der Waals surface area (Å²) in [6, 6.07) is 14.2. The highest BCUT2D eigenvalue weighted by Gasteiger charge is 2.24. The van der Waals surface area contributed by atoms with Crippen LogP contribution in [0.5, 0.6) is 11.5 Å². The molecule has 5 heteroatoms. The van der Waals surface area contributed by atoms with Crippen molar-refractivity contribution in [2.75, 3.05) is 13.2 Å². The van der Waals surface area contributed by atoms with Crippen LogP contribution in [0.2, 0.25) is 0 Å². The predicted octanol–water partition coefficient (Wildman–Crippen LogP) is 4.83. The van der Waals surface area contributed by atoms with E-state index in [1.807, 2.05) is 37.3 Å². The SMILES string of the molecule is Cc1cc2cc(OCCCOc3ccc4c(c3)CC[C@H]4CC(=O)O)ccc2[nH]1. The number of hydrogen-bond donors (Lipinski definition) is 2. The largest absolute Gasteiger partial charge is 0.493 e. The first kappa shape index (κ1) is 18.4. The molecule has 28 heavy (non-hydrogen) atoms. The first-order valence-corrected chi connectivity index (χ1v) is 9.78. The lowest BCUT2D eigenvalue weighted by Gasteiger charge is -2.11. The number of aromatic nitrogens is 1. The van der Waals surface area contributed by atoms with Gasteiger partial charge in [-0.3, -0.25) is 4.79 Å². The van der Waals surface area contributed by atoms with Crippen LogP contribution in [-0.4, -0.2) is 29.3 Å². The summed E-state index contributed by atoms with van der Waals surface area (Å²) in [5, 5.41) is 10.2. The molecular formula is C23H25NO4. The number of hydrogen-bond acceptors (Lipinski definition) is 3. The van der Waals surface area contributed by atoms with E-state index in [0.717, 1.165) is 52.9 Å². The van der Waals surface area contributed by atoms with Gasteiger partial charge in [-0.1, -0.05) is 6.07 Å². The number of carboxylic acids is 1. The molecule has 1 aromatic heterocycles. The monoisotopic (exact) mass is 379 g/mol. The Kier molecular flexibility index (Phi) is 5.24. The average molecular weight is 379 g/mol. The van der Waals surface area contributed by atoms with Crippen LogP contribution >= 0.6 is 0 Å². The molecule has 1 atom stereocenters. The zero-order valence-electron chi connectivity index (χ0n) is 16.0. The Balaban J connectivity index is 1.24. The molecule has 3 aromatic rings. The molecule has 146 valence electrons. The van der Waals surface area contributed by atoms with Gasteiger partial charge in [0.05, 0.1) is 19.6 Å². The van der Waals surface area contributed by atoms with Crippen molar-refractivity contribution in [3.63, 3.8) is 0 Å². The minimum atomic E-state index is -0.732. The first-order valence-electron chi connectivity index (χ1n) is 9.78. The number of carbonyl (C=O) groups is 1. The Morgan fingerprint density at radius 2 is 1.86 bits per heavy atom. The van der Waals surface area contributed by atoms with Crippen molar-refractivity contribution in [2.45, 2.75) is 38.5 Å². The highest BCUT2D eigenvalue weighted by molar-refractivity contribution is 5.81. The third kappa shape index (κ3) is 4.14. The van der Waals surface area contributed by atoms with Crippen LogP contribution in [0.3, 0.4) is 0 Å². The van der Waals surface area contributed by atoms with E-state index in [2.05, 4.69) is 17.1 Å². The maximum absolute atomic E-state index is 11.0. The van der Waals surface area contributed by atoms with Gasteiger partial charge in [0.25, 0.3) is 0 Å². The van der Waals surface area contributed by atoms with E-state index >= 15 is 0 Å². The standard InChI is InChI=1S/C23H25NO4/c1-15-11-18-13-20(6-8-22(18)24-15)28-10-2-9-27-19-5-7-21-16(12-19)3-4-17(21)14-23(25)26/h5-8,11-13,17,24H,2-4,9-10,14H2,1H3,(H,25,26)/t17-/m0/s1. The molecule has 4 rings (SSSR count). The van der Waals surface area contributed by atoms with Crippen LogP contribution in [0.1, 0.15) is 42.0 Å². The smallest absolute Gasteiger partial charge is 0.303 e. The highest BCUT2D eigenvalue weighted by Crippen LogP contribution is 2.37. The van der Waals surface area contributed by atoms with Crippen LogP contribution in [0, 0.1) is 6.92 Å². The molecule has 0 saturated heterocycles. The minimum Gasteiger partial charge on any atom is -0.493 e. The molecule has 0 radical (unpaired) electrons. The Bertz CT molecular complexity index is 991. The van der Waals surface area contributed by atoms with Gasteiger partial charge < -0.3 is 19.6 Å². The van der Waals surface area contributed by atoms with Gasteiger partial charge in [0.1, 0.15) is 11.5 Å². The quantitative estimate of drug-likeness (QED) is 0.550. The second-order valence-corrected chi connectivity index (χ2v) is 7.45. The van der Waals surface area contributed by atoms with E-state index in [4.69, 9.17) is 14.6 Å². The molecule has 0 fully saturated rings. The lowest BCUT2D eigenvalue weighted by Crippen LogP contribution is -2.05. The molecular weight excluding hydrogens is 354 g/mol. The molecule has 2 aromatic carbocycles. The number of fused-ring (bicyclic) bond motifs is 2. The van der Waals surface area contributed by atoms with E-state index in [9.17, 15) is 4.79 Å². The number of rotatable bonds is 8. The summed E-state index contributed by atoms with van der Waals surface area (Å²) in [6.45, 7) is 3.23. The predicted molar refractivity (Wildman–Crippen MR) is 108 cm³/mol.